The SMILES string of the molecule is CC(C)N=C(N1CCC1)N1CCC1. The van der Waals surface area contributed by atoms with Gasteiger partial charge in [0.05, 0.1) is 0 Å². The highest BCUT2D eigenvalue weighted by Crippen LogP contribution is 2.16. The first-order valence-corrected chi connectivity index (χ1v) is 5.35. The molecular formula is C10H19N3. The van der Waals surface area contributed by atoms with Gasteiger partial charge in [-0.1, -0.05) is 0 Å². The molecule has 0 aromatic carbocycles. The van der Waals surface area contributed by atoms with Crippen LogP contribution in [-0.4, -0.2) is 48.0 Å². The number of rotatable bonds is 1. The Morgan fingerprint density at radius 2 is 1.46 bits per heavy atom. The van der Waals surface area contributed by atoms with Crippen LogP contribution in [0.2, 0.25) is 0 Å². The summed E-state index contributed by atoms with van der Waals surface area (Å²) in [5.41, 5.74) is 0. The summed E-state index contributed by atoms with van der Waals surface area (Å²) in [7, 11) is 0. The quantitative estimate of drug-likeness (QED) is 0.446. The lowest BCUT2D eigenvalue weighted by molar-refractivity contribution is 0.205. The van der Waals surface area contributed by atoms with Gasteiger partial charge in [-0.05, 0) is 26.7 Å². The largest absolute Gasteiger partial charge is 0.343 e. The predicted molar refractivity (Wildman–Crippen MR) is 55.0 cm³/mol. The molecule has 0 saturated carbocycles. The zero-order valence-corrected chi connectivity index (χ0v) is 8.66. The maximum Gasteiger partial charge on any atom is 0.196 e. The summed E-state index contributed by atoms with van der Waals surface area (Å²) in [5, 5.41) is 0. The molecule has 2 saturated heterocycles. The highest BCUT2D eigenvalue weighted by Gasteiger charge is 2.26. The second-order valence-corrected chi connectivity index (χ2v) is 4.20. The van der Waals surface area contributed by atoms with Crippen LogP contribution in [0.3, 0.4) is 0 Å². The molecule has 0 aromatic heterocycles. The van der Waals surface area contributed by atoms with Crippen molar-refractivity contribution >= 4 is 5.96 Å². The summed E-state index contributed by atoms with van der Waals surface area (Å²) in [6, 6.07) is 0.427. The van der Waals surface area contributed by atoms with Crippen molar-refractivity contribution in [2.45, 2.75) is 32.7 Å². The summed E-state index contributed by atoms with van der Waals surface area (Å²) in [6.45, 7) is 9.15. The fourth-order valence-electron chi connectivity index (χ4n) is 1.63. The van der Waals surface area contributed by atoms with E-state index in [1.165, 1.54) is 45.0 Å². The minimum absolute atomic E-state index is 0.427. The number of hydrogen-bond donors (Lipinski definition) is 0. The maximum absolute atomic E-state index is 4.69. The van der Waals surface area contributed by atoms with E-state index >= 15 is 0 Å². The summed E-state index contributed by atoms with van der Waals surface area (Å²) >= 11 is 0. The minimum atomic E-state index is 0.427. The average molecular weight is 181 g/mol. The van der Waals surface area contributed by atoms with Crippen molar-refractivity contribution in [3.05, 3.63) is 0 Å². The van der Waals surface area contributed by atoms with E-state index in [0.29, 0.717) is 6.04 Å². The van der Waals surface area contributed by atoms with Crippen LogP contribution in [0.15, 0.2) is 4.99 Å². The molecule has 2 heterocycles. The molecule has 0 atom stereocenters. The van der Waals surface area contributed by atoms with Crippen molar-refractivity contribution in [3.8, 4) is 0 Å². The Hall–Kier alpha value is -0.730. The smallest absolute Gasteiger partial charge is 0.196 e. The van der Waals surface area contributed by atoms with E-state index < -0.39 is 0 Å². The third-order valence-corrected chi connectivity index (χ3v) is 2.65. The molecule has 3 nitrogen and oxygen atoms in total. The van der Waals surface area contributed by atoms with E-state index in [2.05, 4.69) is 28.6 Å². The molecule has 0 aromatic rings. The Labute approximate surface area is 80.4 Å². The summed E-state index contributed by atoms with van der Waals surface area (Å²) in [4.78, 5) is 9.49. The van der Waals surface area contributed by atoms with E-state index in [4.69, 9.17) is 0 Å². The van der Waals surface area contributed by atoms with Crippen LogP contribution in [0, 0.1) is 0 Å². The van der Waals surface area contributed by atoms with Crippen LogP contribution in [0.1, 0.15) is 26.7 Å². The molecule has 2 aliphatic heterocycles. The standard InChI is InChI=1S/C10H19N3/c1-9(2)11-10(12-5-3-6-12)13-7-4-8-13/h9H,3-8H2,1-2H3. The van der Waals surface area contributed by atoms with Crippen LogP contribution >= 0.6 is 0 Å². The molecule has 0 radical (unpaired) electrons. The Bertz CT molecular complexity index is 186. The Morgan fingerprint density at radius 3 is 1.69 bits per heavy atom. The van der Waals surface area contributed by atoms with Gasteiger partial charge in [0.2, 0.25) is 0 Å². The van der Waals surface area contributed by atoms with Crippen LogP contribution in [-0.2, 0) is 0 Å². The van der Waals surface area contributed by atoms with E-state index in [9.17, 15) is 0 Å². The van der Waals surface area contributed by atoms with Gasteiger partial charge in [-0.15, -0.1) is 0 Å². The number of hydrogen-bond acceptors (Lipinski definition) is 1. The van der Waals surface area contributed by atoms with Crippen LogP contribution in [0.25, 0.3) is 0 Å². The molecule has 0 N–H and O–H groups in total. The van der Waals surface area contributed by atoms with Gasteiger partial charge in [0.25, 0.3) is 0 Å². The molecular weight excluding hydrogens is 162 g/mol. The molecule has 13 heavy (non-hydrogen) atoms. The lowest BCUT2D eigenvalue weighted by Crippen LogP contribution is -2.55. The highest BCUT2D eigenvalue weighted by atomic mass is 15.4. The van der Waals surface area contributed by atoms with Gasteiger partial charge in [0.15, 0.2) is 5.96 Å². The fraction of sp³-hybridized carbons (Fsp3) is 0.900. The van der Waals surface area contributed by atoms with Gasteiger partial charge in [-0.25, -0.2) is 0 Å². The van der Waals surface area contributed by atoms with Crippen molar-refractivity contribution in [2.75, 3.05) is 26.2 Å². The van der Waals surface area contributed by atoms with Crippen molar-refractivity contribution in [1.29, 1.82) is 0 Å². The minimum Gasteiger partial charge on any atom is -0.343 e. The summed E-state index contributed by atoms with van der Waals surface area (Å²) < 4.78 is 0. The van der Waals surface area contributed by atoms with Crippen molar-refractivity contribution in [3.63, 3.8) is 0 Å². The lowest BCUT2D eigenvalue weighted by atomic mass is 10.2. The topological polar surface area (TPSA) is 18.8 Å². The lowest BCUT2D eigenvalue weighted by Gasteiger charge is -2.43. The monoisotopic (exact) mass is 181 g/mol. The Morgan fingerprint density at radius 1 is 1.00 bits per heavy atom. The van der Waals surface area contributed by atoms with Gasteiger partial charge < -0.3 is 9.80 Å². The molecule has 0 bridgehead atoms. The first-order chi connectivity index (χ1) is 6.27. The molecule has 0 unspecified atom stereocenters. The molecule has 2 fully saturated rings. The molecule has 2 rings (SSSR count). The fourth-order valence-corrected chi connectivity index (χ4v) is 1.63. The third kappa shape index (κ3) is 1.79. The average Bonchev–Trinajstić information content (AvgIpc) is 1.75. The summed E-state index contributed by atoms with van der Waals surface area (Å²) in [5.74, 6) is 1.26. The molecule has 74 valence electrons. The maximum atomic E-state index is 4.69. The number of aliphatic imine (C=N–C) groups is 1. The number of guanidine groups is 1. The van der Waals surface area contributed by atoms with E-state index in [0.717, 1.165) is 0 Å². The van der Waals surface area contributed by atoms with Crippen molar-refractivity contribution < 1.29 is 0 Å². The van der Waals surface area contributed by atoms with E-state index in [1.54, 1.807) is 0 Å². The second kappa shape index (κ2) is 3.56. The van der Waals surface area contributed by atoms with E-state index in [1.807, 2.05) is 0 Å². The molecule has 3 heteroatoms. The molecule has 0 amide bonds. The van der Waals surface area contributed by atoms with Gasteiger partial charge >= 0.3 is 0 Å². The normalized spacial score (nSPS) is 21.2. The highest BCUT2D eigenvalue weighted by molar-refractivity contribution is 5.81. The molecule has 0 aliphatic carbocycles. The van der Waals surface area contributed by atoms with Crippen LogP contribution in [0.4, 0.5) is 0 Å². The second-order valence-electron chi connectivity index (χ2n) is 4.20. The zero-order valence-electron chi connectivity index (χ0n) is 8.66. The van der Waals surface area contributed by atoms with Crippen LogP contribution in [0.5, 0.6) is 0 Å². The van der Waals surface area contributed by atoms with Gasteiger partial charge in [-0.2, -0.15) is 0 Å². The van der Waals surface area contributed by atoms with Gasteiger partial charge in [0, 0.05) is 32.2 Å². The van der Waals surface area contributed by atoms with Crippen molar-refractivity contribution in [2.24, 2.45) is 4.99 Å². The van der Waals surface area contributed by atoms with E-state index in [-0.39, 0.29) is 0 Å². The molecule has 0 spiro atoms. The third-order valence-electron chi connectivity index (χ3n) is 2.65. The Balaban J connectivity index is 2.00. The van der Waals surface area contributed by atoms with Gasteiger partial charge in [-0.3, -0.25) is 4.99 Å². The Kier molecular flexibility index (Phi) is 2.42. The van der Waals surface area contributed by atoms with Crippen LogP contribution < -0.4 is 0 Å². The molecule has 2 aliphatic rings. The first-order valence-electron chi connectivity index (χ1n) is 5.35. The summed E-state index contributed by atoms with van der Waals surface area (Å²) in [6.07, 6.45) is 2.68. The number of nitrogens with zero attached hydrogens (tertiary/aromatic N) is 3. The van der Waals surface area contributed by atoms with Crippen molar-refractivity contribution in [1.82, 2.24) is 9.80 Å². The predicted octanol–water partition coefficient (Wildman–Crippen LogP) is 1.16. The van der Waals surface area contributed by atoms with Gasteiger partial charge in [0.1, 0.15) is 0 Å². The zero-order chi connectivity index (χ0) is 9.26. The number of likely N-dealkylation sites (tertiary alicyclic amines) is 2. The first kappa shape index (κ1) is 8.85.